The Morgan fingerprint density at radius 1 is 1.11 bits per heavy atom. The number of imidazole rings is 1. The lowest BCUT2D eigenvalue weighted by atomic mass is 9.91. The maximum absolute atomic E-state index is 13.9. The van der Waals surface area contributed by atoms with Gasteiger partial charge in [-0.05, 0) is 48.9 Å². The summed E-state index contributed by atoms with van der Waals surface area (Å²) in [6.07, 6.45) is 8.87. The molecule has 1 aromatic carbocycles. The smallest absolute Gasteiger partial charge is 0.165 e. The summed E-state index contributed by atoms with van der Waals surface area (Å²) < 4.78 is 29.4. The molecule has 8 nitrogen and oxygen atoms in total. The van der Waals surface area contributed by atoms with Gasteiger partial charge in [-0.3, -0.25) is 4.98 Å². The van der Waals surface area contributed by atoms with Crippen molar-refractivity contribution in [1.29, 1.82) is 0 Å². The van der Waals surface area contributed by atoms with Crippen LogP contribution in [0.5, 0.6) is 0 Å². The Morgan fingerprint density at radius 2 is 1.97 bits per heavy atom. The van der Waals surface area contributed by atoms with Gasteiger partial charge < -0.3 is 20.9 Å². The Balaban J connectivity index is 1.58. The Kier molecular flexibility index (Phi) is 6.28. The Morgan fingerprint density at radius 3 is 2.77 bits per heavy atom. The third-order valence-corrected chi connectivity index (χ3v) is 7.20. The highest BCUT2D eigenvalue weighted by Crippen LogP contribution is 2.32. The molecule has 1 aliphatic rings. The summed E-state index contributed by atoms with van der Waals surface area (Å²) in [7, 11) is 0. The number of rotatable bonds is 6. The summed E-state index contributed by atoms with van der Waals surface area (Å²) in [4.78, 5) is 19.6. The third-order valence-electron chi connectivity index (χ3n) is 6.33. The number of fused-ring (bicyclic) bond motifs is 1. The molecule has 35 heavy (non-hydrogen) atoms. The van der Waals surface area contributed by atoms with Crippen LogP contribution in [-0.2, 0) is 6.54 Å². The first kappa shape index (κ1) is 23.4. The number of hydrogen-bond acceptors (Lipinski definition) is 8. The van der Waals surface area contributed by atoms with Crippen molar-refractivity contribution in [2.45, 2.75) is 24.9 Å². The standard InChI is InChI=1S/C24H26F2N8S/c1-35-12-24(28)5-2-6-33(11-24)20-9-29-19(15-3-4-17(25)18(26)7-15)8-16(20)10-34-14-32-21-22(27)30-13-31-23(21)34/h3-4,7-9,13-14H,2,5-6,10-12,28H2,1H3,(H2,27,30,31). The van der Waals surface area contributed by atoms with Gasteiger partial charge in [0.2, 0.25) is 0 Å². The first-order chi connectivity index (χ1) is 16.9. The average Bonchev–Trinajstić information content (AvgIpc) is 3.25. The van der Waals surface area contributed by atoms with Crippen molar-refractivity contribution < 1.29 is 8.78 Å². The number of anilines is 2. The number of piperidine rings is 1. The van der Waals surface area contributed by atoms with Crippen LogP contribution in [0.15, 0.2) is 43.1 Å². The van der Waals surface area contributed by atoms with Crippen LogP contribution < -0.4 is 16.4 Å². The zero-order valence-corrected chi connectivity index (χ0v) is 20.1. The molecule has 11 heteroatoms. The molecule has 0 aliphatic carbocycles. The molecule has 4 heterocycles. The van der Waals surface area contributed by atoms with Gasteiger partial charge in [-0.25, -0.2) is 23.7 Å². The molecule has 1 saturated heterocycles. The van der Waals surface area contributed by atoms with Crippen molar-refractivity contribution in [2.75, 3.05) is 35.7 Å². The lowest BCUT2D eigenvalue weighted by molar-refractivity contribution is 0.381. The monoisotopic (exact) mass is 496 g/mol. The molecule has 1 atom stereocenters. The number of thioether (sulfide) groups is 1. The molecule has 4 N–H and O–H groups in total. The summed E-state index contributed by atoms with van der Waals surface area (Å²) in [5.41, 5.74) is 16.4. The fourth-order valence-electron chi connectivity index (χ4n) is 4.68. The molecule has 0 amide bonds. The molecule has 4 aromatic rings. The Labute approximate surface area is 205 Å². The van der Waals surface area contributed by atoms with Crippen molar-refractivity contribution >= 4 is 34.4 Å². The Hall–Kier alpha value is -3.31. The van der Waals surface area contributed by atoms with Crippen LogP contribution in [0.25, 0.3) is 22.4 Å². The normalized spacial score (nSPS) is 18.3. The first-order valence-corrected chi connectivity index (χ1v) is 12.6. The second-order valence-corrected chi connectivity index (χ2v) is 9.82. The van der Waals surface area contributed by atoms with Crippen molar-refractivity contribution in [3.8, 4) is 11.3 Å². The minimum atomic E-state index is -0.913. The van der Waals surface area contributed by atoms with Crippen molar-refractivity contribution in [3.63, 3.8) is 0 Å². The quantitative estimate of drug-likeness (QED) is 0.418. The van der Waals surface area contributed by atoms with E-state index in [0.717, 1.165) is 48.5 Å². The molecular weight excluding hydrogens is 470 g/mol. The average molecular weight is 497 g/mol. The van der Waals surface area contributed by atoms with E-state index in [2.05, 4.69) is 31.1 Å². The van der Waals surface area contributed by atoms with Gasteiger partial charge in [-0.1, -0.05) is 0 Å². The van der Waals surface area contributed by atoms with Crippen LogP contribution in [0, 0.1) is 11.6 Å². The molecule has 0 saturated carbocycles. The Bertz CT molecular complexity index is 1370. The molecule has 1 unspecified atom stereocenters. The van der Waals surface area contributed by atoms with Gasteiger partial charge in [0.15, 0.2) is 23.1 Å². The molecule has 1 aliphatic heterocycles. The van der Waals surface area contributed by atoms with Crippen LogP contribution in [0.2, 0.25) is 0 Å². The predicted octanol–water partition coefficient (Wildman–Crippen LogP) is 3.46. The lowest BCUT2D eigenvalue weighted by Crippen LogP contribution is -2.56. The summed E-state index contributed by atoms with van der Waals surface area (Å²) in [5.74, 6) is -0.633. The second kappa shape index (κ2) is 9.38. The first-order valence-electron chi connectivity index (χ1n) is 11.3. The number of nitrogens with zero attached hydrogens (tertiary/aromatic N) is 6. The third kappa shape index (κ3) is 4.65. The van der Waals surface area contributed by atoms with Gasteiger partial charge in [0.05, 0.1) is 30.5 Å². The van der Waals surface area contributed by atoms with Crippen LogP contribution in [-0.4, -0.2) is 55.1 Å². The largest absolute Gasteiger partial charge is 0.382 e. The number of hydrogen-bond donors (Lipinski definition) is 2. The predicted molar refractivity (Wildman–Crippen MR) is 135 cm³/mol. The van der Waals surface area contributed by atoms with Gasteiger partial charge in [0.25, 0.3) is 0 Å². The maximum Gasteiger partial charge on any atom is 0.165 e. The molecule has 182 valence electrons. The van der Waals surface area contributed by atoms with E-state index in [0.29, 0.717) is 41.3 Å². The molecule has 1 fully saturated rings. The van der Waals surface area contributed by atoms with Gasteiger partial charge in [0, 0.05) is 29.9 Å². The van der Waals surface area contributed by atoms with Gasteiger partial charge in [-0.2, -0.15) is 11.8 Å². The fourth-order valence-corrected chi connectivity index (χ4v) is 5.49. The van der Waals surface area contributed by atoms with Crippen LogP contribution in [0.3, 0.4) is 0 Å². The number of benzene rings is 1. The SMILES string of the molecule is CSCC1(N)CCCN(c2cnc(-c3ccc(F)c(F)c3)cc2Cn2cnc3c(N)ncnc32)C1. The van der Waals surface area contributed by atoms with Crippen molar-refractivity contribution in [2.24, 2.45) is 5.73 Å². The summed E-state index contributed by atoms with van der Waals surface area (Å²) in [6.45, 7) is 1.98. The van der Waals surface area contributed by atoms with E-state index in [-0.39, 0.29) is 5.54 Å². The zero-order chi connectivity index (χ0) is 24.6. The van der Waals surface area contributed by atoms with Crippen LogP contribution in [0.1, 0.15) is 18.4 Å². The van der Waals surface area contributed by atoms with E-state index in [1.807, 2.05) is 10.6 Å². The highest BCUT2D eigenvalue weighted by Gasteiger charge is 2.32. The fraction of sp³-hybridized carbons (Fsp3) is 0.333. The molecule has 0 radical (unpaired) electrons. The molecule has 0 bridgehead atoms. The number of nitrogens with two attached hydrogens (primary N) is 2. The summed E-state index contributed by atoms with van der Waals surface area (Å²) in [6, 6.07) is 5.69. The molecule has 0 spiro atoms. The summed E-state index contributed by atoms with van der Waals surface area (Å²) in [5, 5.41) is 0. The second-order valence-electron chi connectivity index (χ2n) is 8.95. The van der Waals surface area contributed by atoms with E-state index in [9.17, 15) is 8.78 Å². The van der Waals surface area contributed by atoms with E-state index < -0.39 is 11.6 Å². The maximum atomic E-state index is 13.9. The van der Waals surface area contributed by atoms with E-state index >= 15 is 0 Å². The van der Waals surface area contributed by atoms with E-state index in [4.69, 9.17) is 11.5 Å². The zero-order valence-electron chi connectivity index (χ0n) is 19.3. The number of nitrogen functional groups attached to an aromatic ring is 1. The van der Waals surface area contributed by atoms with Crippen LogP contribution >= 0.6 is 11.8 Å². The minimum Gasteiger partial charge on any atom is -0.382 e. The van der Waals surface area contributed by atoms with Gasteiger partial charge in [-0.15, -0.1) is 0 Å². The lowest BCUT2D eigenvalue weighted by Gasteiger charge is -2.41. The number of aromatic nitrogens is 5. The van der Waals surface area contributed by atoms with Gasteiger partial charge in [0.1, 0.15) is 11.8 Å². The van der Waals surface area contributed by atoms with Crippen molar-refractivity contribution in [3.05, 3.63) is 60.3 Å². The molecule has 5 rings (SSSR count). The minimum absolute atomic E-state index is 0.295. The highest BCUT2D eigenvalue weighted by molar-refractivity contribution is 7.98. The van der Waals surface area contributed by atoms with E-state index in [1.54, 1.807) is 24.3 Å². The van der Waals surface area contributed by atoms with Crippen LogP contribution in [0.4, 0.5) is 20.3 Å². The number of pyridine rings is 1. The summed E-state index contributed by atoms with van der Waals surface area (Å²) >= 11 is 1.75. The molecule has 3 aromatic heterocycles. The number of halogens is 2. The van der Waals surface area contributed by atoms with Crippen molar-refractivity contribution in [1.82, 2.24) is 24.5 Å². The van der Waals surface area contributed by atoms with E-state index in [1.165, 1.54) is 12.4 Å². The topological polar surface area (TPSA) is 112 Å². The molecular formula is C24H26F2N8S. The van der Waals surface area contributed by atoms with Gasteiger partial charge >= 0.3 is 0 Å². The highest BCUT2D eigenvalue weighted by atomic mass is 32.2.